The van der Waals surface area contributed by atoms with Gasteiger partial charge in [0.1, 0.15) is 22.5 Å². The Morgan fingerprint density at radius 1 is 0.292 bits per heavy atom. The molecule has 2 nitrogen and oxygen atoms in total. The molecular formula is C46H28O2. The predicted octanol–water partition coefficient (Wildman–Crippen LogP) is 13.3. The van der Waals surface area contributed by atoms with Gasteiger partial charge in [-0.2, -0.15) is 0 Å². The van der Waals surface area contributed by atoms with Crippen LogP contribution in [0.2, 0.25) is 0 Å². The van der Waals surface area contributed by atoms with Crippen molar-refractivity contribution < 1.29 is 8.83 Å². The van der Waals surface area contributed by atoms with Crippen LogP contribution in [0.5, 0.6) is 0 Å². The molecule has 0 unspecified atom stereocenters. The molecule has 0 saturated heterocycles. The van der Waals surface area contributed by atoms with Crippen LogP contribution in [0.4, 0.5) is 0 Å². The van der Waals surface area contributed by atoms with E-state index in [0.717, 1.165) is 60.9 Å². The molecule has 2 heteroatoms. The highest BCUT2D eigenvalue weighted by Gasteiger charge is 2.25. The Morgan fingerprint density at radius 3 is 1.33 bits per heavy atom. The fourth-order valence-corrected chi connectivity index (χ4v) is 7.68. The molecule has 0 aliphatic carbocycles. The molecule has 10 aromatic rings. The van der Waals surface area contributed by atoms with E-state index < -0.39 is 0 Å². The summed E-state index contributed by atoms with van der Waals surface area (Å²) in [5.41, 5.74) is 10.5. The van der Waals surface area contributed by atoms with E-state index in [1.807, 2.05) is 6.07 Å². The maximum absolute atomic E-state index is 6.92. The van der Waals surface area contributed by atoms with Gasteiger partial charge in [0.2, 0.25) is 0 Å². The van der Waals surface area contributed by atoms with Gasteiger partial charge in [-0.15, -0.1) is 0 Å². The Hall–Kier alpha value is -6.38. The van der Waals surface area contributed by atoms with Gasteiger partial charge in [-0.3, -0.25) is 0 Å². The zero-order valence-corrected chi connectivity index (χ0v) is 26.0. The summed E-state index contributed by atoms with van der Waals surface area (Å²) >= 11 is 0. The van der Waals surface area contributed by atoms with Gasteiger partial charge in [0.15, 0.2) is 0 Å². The lowest BCUT2D eigenvalue weighted by Crippen LogP contribution is -1.90. The number of para-hydroxylation sites is 1. The third kappa shape index (κ3) is 3.93. The molecule has 8 aromatic carbocycles. The SMILES string of the molecule is c1ccc(-c2oc3ccc4oc5c(-c6c7ccccc7c(-c7ccccc7)c7ccccc67)cccc5c4c3c2-c2ccccc2)cc1. The Bertz CT molecular complexity index is 2750. The molecule has 0 bridgehead atoms. The molecule has 0 radical (unpaired) electrons. The summed E-state index contributed by atoms with van der Waals surface area (Å²) < 4.78 is 13.6. The summed E-state index contributed by atoms with van der Waals surface area (Å²) in [5.74, 6) is 0.864. The summed E-state index contributed by atoms with van der Waals surface area (Å²) in [4.78, 5) is 0. The van der Waals surface area contributed by atoms with Crippen molar-refractivity contribution in [1.29, 1.82) is 0 Å². The van der Waals surface area contributed by atoms with E-state index in [1.165, 1.54) is 38.2 Å². The Labute approximate surface area is 277 Å². The second-order valence-electron chi connectivity index (χ2n) is 12.3. The van der Waals surface area contributed by atoms with Crippen molar-refractivity contribution in [3.63, 3.8) is 0 Å². The minimum Gasteiger partial charge on any atom is -0.455 e. The van der Waals surface area contributed by atoms with Crippen molar-refractivity contribution in [2.24, 2.45) is 0 Å². The van der Waals surface area contributed by atoms with Gasteiger partial charge in [-0.1, -0.05) is 158 Å². The smallest absolute Gasteiger partial charge is 0.143 e. The standard InChI is InChI=1S/C46H28O2/c1-4-15-29(16-5-1)40-32-21-10-12-23-34(32)42(35-24-13-11-22-33(35)40)36-25-14-26-37-43-38(48-46(36)37)27-28-39-44(43)41(30-17-6-2-7-18-30)45(47-39)31-19-8-3-9-20-31/h1-28H. The molecule has 224 valence electrons. The number of furan rings is 2. The van der Waals surface area contributed by atoms with Crippen LogP contribution in [0.1, 0.15) is 0 Å². The van der Waals surface area contributed by atoms with Crippen molar-refractivity contribution in [3.8, 4) is 44.7 Å². The first-order chi connectivity index (χ1) is 23.8. The van der Waals surface area contributed by atoms with Gasteiger partial charge in [0, 0.05) is 38.4 Å². The van der Waals surface area contributed by atoms with Crippen molar-refractivity contribution >= 4 is 54.5 Å². The minimum absolute atomic E-state index is 0.844. The van der Waals surface area contributed by atoms with Crippen molar-refractivity contribution in [3.05, 3.63) is 170 Å². The maximum atomic E-state index is 6.92. The number of rotatable bonds is 4. The van der Waals surface area contributed by atoms with Crippen LogP contribution in [0.25, 0.3) is 99.2 Å². The first-order valence-electron chi connectivity index (χ1n) is 16.4. The van der Waals surface area contributed by atoms with Gasteiger partial charge in [-0.05, 0) is 50.4 Å². The van der Waals surface area contributed by atoms with Gasteiger partial charge in [0.05, 0.1) is 0 Å². The van der Waals surface area contributed by atoms with E-state index in [0.29, 0.717) is 0 Å². The molecule has 0 atom stereocenters. The quantitative estimate of drug-likeness (QED) is 0.185. The van der Waals surface area contributed by atoms with Gasteiger partial charge >= 0.3 is 0 Å². The second kappa shape index (κ2) is 10.6. The summed E-state index contributed by atoms with van der Waals surface area (Å²) in [5, 5.41) is 8.07. The van der Waals surface area contributed by atoms with Gasteiger partial charge in [-0.25, -0.2) is 0 Å². The normalized spacial score (nSPS) is 11.8. The summed E-state index contributed by atoms with van der Waals surface area (Å²) in [6, 6.07) is 59.9. The fourth-order valence-electron chi connectivity index (χ4n) is 7.68. The van der Waals surface area contributed by atoms with Gasteiger partial charge in [0.25, 0.3) is 0 Å². The first-order valence-corrected chi connectivity index (χ1v) is 16.4. The Kier molecular flexibility index (Phi) is 5.91. The molecule has 0 spiro atoms. The van der Waals surface area contributed by atoms with Crippen LogP contribution in [0.3, 0.4) is 0 Å². The second-order valence-corrected chi connectivity index (χ2v) is 12.3. The lowest BCUT2D eigenvalue weighted by molar-refractivity contribution is 0.632. The van der Waals surface area contributed by atoms with Crippen molar-refractivity contribution in [2.75, 3.05) is 0 Å². The van der Waals surface area contributed by atoms with Crippen LogP contribution in [0.15, 0.2) is 179 Å². The van der Waals surface area contributed by atoms with Crippen LogP contribution in [-0.2, 0) is 0 Å². The van der Waals surface area contributed by atoms with Crippen LogP contribution >= 0.6 is 0 Å². The molecule has 0 N–H and O–H groups in total. The predicted molar refractivity (Wildman–Crippen MR) is 200 cm³/mol. The summed E-state index contributed by atoms with van der Waals surface area (Å²) in [7, 11) is 0. The van der Waals surface area contributed by atoms with Gasteiger partial charge < -0.3 is 8.83 Å². The molecule has 2 heterocycles. The topological polar surface area (TPSA) is 26.3 Å². The molecule has 10 rings (SSSR count). The molecule has 0 saturated carbocycles. The van der Waals surface area contributed by atoms with Crippen LogP contribution in [0, 0.1) is 0 Å². The van der Waals surface area contributed by atoms with Crippen molar-refractivity contribution in [1.82, 2.24) is 0 Å². The third-order valence-electron chi connectivity index (χ3n) is 9.68. The van der Waals surface area contributed by atoms with Crippen LogP contribution < -0.4 is 0 Å². The molecule has 0 aliphatic rings. The fraction of sp³-hybridized carbons (Fsp3) is 0. The molecule has 0 amide bonds. The van der Waals surface area contributed by atoms with Crippen LogP contribution in [-0.4, -0.2) is 0 Å². The summed E-state index contributed by atoms with van der Waals surface area (Å²) in [6.07, 6.45) is 0. The highest BCUT2D eigenvalue weighted by molar-refractivity contribution is 6.28. The minimum atomic E-state index is 0.844. The van der Waals surface area contributed by atoms with E-state index in [-0.39, 0.29) is 0 Å². The molecule has 48 heavy (non-hydrogen) atoms. The molecular weight excluding hydrogens is 585 g/mol. The maximum Gasteiger partial charge on any atom is 0.143 e. The van der Waals surface area contributed by atoms with E-state index in [1.54, 1.807) is 0 Å². The number of hydrogen-bond donors (Lipinski definition) is 0. The zero-order chi connectivity index (χ0) is 31.6. The summed E-state index contributed by atoms with van der Waals surface area (Å²) in [6.45, 7) is 0. The average Bonchev–Trinajstić information content (AvgIpc) is 3.74. The molecule has 0 aliphatic heterocycles. The highest BCUT2D eigenvalue weighted by Crippen LogP contribution is 2.50. The number of benzene rings is 8. The lowest BCUT2D eigenvalue weighted by Gasteiger charge is -2.17. The van der Waals surface area contributed by atoms with E-state index in [2.05, 4.69) is 164 Å². The zero-order valence-electron chi connectivity index (χ0n) is 26.0. The highest BCUT2D eigenvalue weighted by atomic mass is 16.3. The monoisotopic (exact) mass is 612 g/mol. The number of fused-ring (bicyclic) bond motifs is 7. The molecule has 2 aromatic heterocycles. The Balaban J connectivity index is 1.33. The molecule has 0 fully saturated rings. The Morgan fingerprint density at radius 2 is 0.750 bits per heavy atom. The third-order valence-corrected chi connectivity index (χ3v) is 9.68. The largest absolute Gasteiger partial charge is 0.455 e. The van der Waals surface area contributed by atoms with Crippen molar-refractivity contribution in [2.45, 2.75) is 0 Å². The van der Waals surface area contributed by atoms with E-state index >= 15 is 0 Å². The van der Waals surface area contributed by atoms with E-state index in [4.69, 9.17) is 8.83 Å². The van der Waals surface area contributed by atoms with E-state index in [9.17, 15) is 0 Å². The first kappa shape index (κ1) is 26.8. The number of hydrogen-bond acceptors (Lipinski definition) is 2. The lowest BCUT2D eigenvalue weighted by atomic mass is 9.85. The average molecular weight is 613 g/mol.